The van der Waals surface area contributed by atoms with Crippen LogP contribution in [0.2, 0.25) is 58.9 Å². The lowest BCUT2D eigenvalue weighted by Crippen LogP contribution is -2.58. The minimum atomic E-state index is -1.52. The molecular weight excluding hydrogens is 409 g/mol. The van der Waals surface area contributed by atoms with E-state index >= 15 is 0 Å². The summed E-state index contributed by atoms with van der Waals surface area (Å²) in [6.45, 7) is 22.8. The maximum Gasteiger partial charge on any atom is 0.0784 e. The molecule has 0 spiro atoms. The molecule has 0 N–H and O–H groups in total. The molecule has 0 saturated heterocycles. The molecule has 0 bridgehead atoms. The zero-order valence-electron chi connectivity index (χ0n) is 20.5. The Kier molecular flexibility index (Phi) is 5.12. The summed E-state index contributed by atoms with van der Waals surface area (Å²) in [5, 5.41) is 5.13. The van der Waals surface area contributed by atoms with Crippen molar-refractivity contribution in [3.05, 3.63) is 59.2 Å². The molecule has 0 heterocycles. The molecule has 0 fully saturated rings. The van der Waals surface area contributed by atoms with Gasteiger partial charge in [-0.2, -0.15) is 0 Å². The standard InChI is InChI=1S/C27H38Si3/c1-28(2,3)23-16-12-15-20-17-21-22(25(20)23)18-24(29(4,5)6)27(30(7,8)9)26(21)19-13-10-11-14-19/h10-13,15-16,18H,14,17H2,1-9H3. The Morgan fingerprint density at radius 3 is 1.93 bits per heavy atom. The maximum atomic E-state index is 2.68. The Balaban J connectivity index is 2.14. The van der Waals surface area contributed by atoms with Gasteiger partial charge < -0.3 is 0 Å². The molecule has 0 aromatic heterocycles. The number of hydrogen-bond acceptors (Lipinski definition) is 0. The smallest absolute Gasteiger partial charge is 0.0784 e. The average molecular weight is 447 g/mol. The molecule has 2 aromatic carbocycles. The highest BCUT2D eigenvalue weighted by Crippen LogP contribution is 2.41. The highest BCUT2D eigenvalue weighted by molar-refractivity contribution is 6.99. The highest BCUT2D eigenvalue weighted by Gasteiger charge is 2.37. The molecule has 0 nitrogen and oxygen atoms in total. The lowest BCUT2D eigenvalue weighted by atomic mass is 9.94. The van der Waals surface area contributed by atoms with Crippen LogP contribution in [-0.2, 0) is 6.42 Å². The highest BCUT2D eigenvalue weighted by atomic mass is 28.3. The zero-order valence-corrected chi connectivity index (χ0v) is 23.5. The van der Waals surface area contributed by atoms with Crippen molar-refractivity contribution < 1.29 is 0 Å². The summed E-state index contributed by atoms with van der Waals surface area (Å²) >= 11 is 0. The SMILES string of the molecule is C[Si](C)(C)c1cccc2c1-c1cc([Si](C)(C)C)c([Si](C)(C)C)c(C3=CC=CC3)c1C2. The summed E-state index contributed by atoms with van der Waals surface area (Å²) in [4.78, 5) is 0. The third kappa shape index (κ3) is 3.59. The van der Waals surface area contributed by atoms with Crippen LogP contribution in [0, 0.1) is 0 Å². The lowest BCUT2D eigenvalue weighted by molar-refractivity contribution is 1.24. The van der Waals surface area contributed by atoms with Crippen molar-refractivity contribution in [2.24, 2.45) is 0 Å². The van der Waals surface area contributed by atoms with Gasteiger partial charge in [0.2, 0.25) is 0 Å². The predicted molar refractivity (Wildman–Crippen MR) is 145 cm³/mol. The molecule has 30 heavy (non-hydrogen) atoms. The van der Waals surface area contributed by atoms with Crippen molar-refractivity contribution in [2.45, 2.75) is 71.8 Å². The van der Waals surface area contributed by atoms with E-state index in [4.69, 9.17) is 0 Å². The van der Waals surface area contributed by atoms with E-state index in [0.29, 0.717) is 0 Å². The normalized spacial score (nSPS) is 16.0. The van der Waals surface area contributed by atoms with Crippen LogP contribution < -0.4 is 15.6 Å². The average Bonchev–Trinajstić information content (AvgIpc) is 3.24. The molecule has 158 valence electrons. The van der Waals surface area contributed by atoms with Crippen LogP contribution in [0.4, 0.5) is 0 Å². The van der Waals surface area contributed by atoms with Crippen molar-refractivity contribution in [2.75, 3.05) is 0 Å². The van der Waals surface area contributed by atoms with Gasteiger partial charge in [0.05, 0.1) is 24.2 Å². The van der Waals surface area contributed by atoms with Crippen LogP contribution in [0.15, 0.2) is 42.5 Å². The summed E-state index contributed by atoms with van der Waals surface area (Å²) < 4.78 is 0. The minimum absolute atomic E-state index is 1.09. The molecule has 0 unspecified atom stereocenters. The molecular formula is C27H38Si3. The van der Waals surface area contributed by atoms with Gasteiger partial charge in [-0.05, 0) is 46.2 Å². The van der Waals surface area contributed by atoms with Gasteiger partial charge in [0.15, 0.2) is 0 Å². The predicted octanol–water partition coefficient (Wildman–Crippen LogP) is 6.24. The van der Waals surface area contributed by atoms with Crippen molar-refractivity contribution in [3.8, 4) is 11.1 Å². The Labute approximate surface area is 187 Å². The summed E-state index contributed by atoms with van der Waals surface area (Å²) in [5.74, 6) is 0. The molecule has 0 saturated carbocycles. The third-order valence-electron chi connectivity index (χ3n) is 6.68. The summed E-state index contributed by atoms with van der Waals surface area (Å²) in [6.07, 6.45) is 9.21. The van der Waals surface area contributed by atoms with Crippen molar-refractivity contribution >= 4 is 45.4 Å². The van der Waals surface area contributed by atoms with Crippen molar-refractivity contribution in [1.29, 1.82) is 0 Å². The monoisotopic (exact) mass is 446 g/mol. The third-order valence-corrected chi connectivity index (χ3v) is 13.0. The van der Waals surface area contributed by atoms with Gasteiger partial charge >= 0.3 is 0 Å². The molecule has 4 rings (SSSR count). The van der Waals surface area contributed by atoms with Crippen molar-refractivity contribution in [3.63, 3.8) is 0 Å². The Hall–Kier alpha value is -1.43. The largest absolute Gasteiger partial charge is 0.0801 e. The van der Waals surface area contributed by atoms with E-state index in [0.717, 1.165) is 12.8 Å². The van der Waals surface area contributed by atoms with Crippen molar-refractivity contribution in [1.82, 2.24) is 0 Å². The first kappa shape index (κ1) is 21.8. The van der Waals surface area contributed by atoms with Gasteiger partial charge in [-0.1, -0.05) is 117 Å². The number of allylic oxidation sites excluding steroid dienone is 4. The fourth-order valence-corrected chi connectivity index (χ4v) is 12.7. The second kappa shape index (κ2) is 7.04. The van der Waals surface area contributed by atoms with E-state index in [1.165, 1.54) is 0 Å². The molecule has 2 aliphatic carbocycles. The summed E-state index contributed by atoms with van der Waals surface area (Å²) in [7, 11) is -4.45. The molecule has 0 amide bonds. The summed E-state index contributed by atoms with van der Waals surface area (Å²) in [6, 6.07) is 9.81. The first-order valence-electron chi connectivity index (χ1n) is 11.5. The number of rotatable bonds is 4. The number of fused-ring (bicyclic) bond motifs is 3. The van der Waals surface area contributed by atoms with Crippen LogP contribution in [-0.4, -0.2) is 24.2 Å². The van der Waals surface area contributed by atoms with E-state index in [1.54, 1.807) is 49.0 Å². The van der Waals surface area contributed by atoms with E-state index in [-0.39, 0.29) is 0 Å². The molecule has 0 atom stereocenters. The number of benzene rings is 2. The van der Waals surface area contributed by atoms with Crippen LogP contribution in [0.5, 0.6) is 0 Å². The van der Waals surface area contributed by atoms with E-state index < -0.39 is 24.2 Å². The molecule has 0 aliphatic heterocycles. The van der Waals surface area contributed by atoms with Gasteiger partial charge in [0.25, 0.3) is 0 Å². The van der Waals surface area contributed by atoms with Gasteiger partial charge in [0.1, 0.15) is 0 Å². The fourth-order valence-electron chi connectivity index (χ4n) is 5.37. The van der Waals surface area contributed by atoms with Gasteiger partial charge in [-0.3, -0.25) is 0 Å². The Morgan fingerprint density at radius 2 is 1.40 bits per heavy atom. The first-order valence-corrected chi connectivity index (χ1v) is 22.0. The Morgan fingerprint density at radius 1 is 0.733 bits per heavy atom. The number of hydrogen-bond donors (Lipinski definition) is 0. The minimum Gasteiger partial charge on any atom is -0.0801 e. The Bertz CT molecular complexity index is 1080. The fraction of sp³-hybridized carbons (Fsp3) is 0.407. The van der Waals surface area contributed by atoms with E-state index in [1.807, 2.05) is 0 Å². The molecule has 2 aromatic rings. The van der Waals surface area contributed by atoms with Crippen LogP contribution >= 0.6 is 0 Å². The molecule has 3 heteroatoms. The molecule has 2 aliphatic rings. The first-order chi connectivity index (χ1) is 13.8. The maximum absolute atomic E-state index is 2.68. The molecule has 0 radical (unpaired) electrons. The summed E-state index contributed by atoms with van der Waals surface area (Å²) in [5.41, 5.74) is 9.57. The van der Waals surface area contributed by atoms with E-state index in [9.17, 15) is 0 Å². The van der Waals surface area contributed by atoms with Crippen LogP contribution in [0.25, 0.3) is 16.7 Å². The van der Waals surface area contributed by atoms with Crippen LogP contribution in [0.1, 0.15) is 23.1 Å². The topological polar surface area (TPSA) is 0 Å². The second-order valence-corrected chi connectivity index (χ2v) is 27.4. The zero-order chi connectivity index (χ0) is 22.1. The van der Waals surface area contributed by atoms with Gasteiger partial charge in [0, 0.05) is 0 Å². The van der Waals surface area contributed by atoms with Gasteiger partial charge in [-0.25, -0.2) is 0 Å². The van der Waals surface area contributed by atoms with Crippen LogP contribution in [0.3, 0.4) is 0 Å². The quantitative estimate of drug-likeness (QED) is 0.416. The second-order valence-electron chi connectivity index (χ2n) is 12.3. The lowest BCUT2D eigenvalue weighted by Gasteiger charge is -2.33. The van der Waals surface area contributed by atoms with E-state index in [2.05, 4.69) is 101 Å². The van der Waals surface area contributed by atoms with Gasteiger partial charge in [-0.15, -0.1) is 0 Å².